The standard InChI is InChI=1S/C8H10O4.Ca.2H/c1-4-5-11-8(10)12-7(9)6(2)3;;;/h4H,1-2,5H2,3H3;;;/q;+2;2*-1. The summed E-state index contributed by atoms with van der Waals surface area (Å²) >= 11 is 0. The van der Waals surface area contributed by atoms with Crippen LogP contribution in [-0.2, 0) is 14.3 Å². The van der Waals surface area contributed by atoms with Crippen molar-refractivity contribution in [3.05, 3.63) is 24.8 Å². The largest absolute Gasteiger partial charge is 2.00 e. The maximum Gasteiger partial charge on any atom is 2.00 e. The smallest absolute Gasteiger partial charge is 1.00 e. The van der Waals surface area contributed by atoms with Crippen LogP contribution in [0.2, 0.25) is 0 Å². The van der Waals surface area contributed by atoms with Gasteiger partial charge in [-0.2, -0.15) is 0 Å². The van der Waals surface area contributed by atoms with Crippen molar-refractivity contribution in [2.45, 2.75) is 6.92 Å². The fourth-order valence-corrected chi connectivity index (χ4v) is 0.319. The molecule has 0 aromatic heterocycles. The van der Waals surface area contributed by atoms with Gasteiger partial charge in [-0.1, -0.05) is 19.2 Å². The molecule has 0 bridgehead atoms. The van der Waals surface area contributed by atoms with Gasteiger partial charge in [-0.3, -0.25) is 0 Å². The third kappa shape index (κ3) is 8.02. The van der Waals surface area contributed by atoms with Crippen molar-refractivity contribution in [2.24, 2.45) is 0 Å². The van der Waals surface area contributed by atoms with E-state index >= 15 is 0 Å². The van der Waals surface area contributed by atoms with Gasteiger partial charge in [-0.05, 0) is 6.92 Å². The fraction of sp³-hybridized carbons (Fsp3) is 0.250. The Morgan fingerprint density at radius 3 is 2.46 bits per heavy atom. The summed E-state index contributed by atoms with van der Waals surface area (Å²) in [5, 5.41) is 0. The first-order valence-electron chi connectivity index (χ1n) is 3.23. The summed E-state index contributed by atoms with van der Waals surface area (Å²) in [5.74, 6) is -0.788. The van der Waals surface area contributed by atoms with Gasteiger partial charge in [0.05, 0.1) is 0 Å². The Morgan fingerprint density at radius 1 is 1.54 bits per heavy atom. The third-order valence-corrected chi connectivity index (χ3v) is 0.844. The molecule has 0 saturated carbocycles. The molecule has 0 saturated heterocycles. The summed E-state index contributed by atoms with van der Waals surface area (Å²) in [6, 6.07) is 0. The Bertz CT molecular complexity index is 231. The van der Waals surface area contributed by atoms with E-state index in [0.717, 1.165) is 0 Å². The fourth-order valence-electron chi connectivity index (χ4n) is 0.319. The average Bonchev–Trinajstić information content (AvgIpc) is 2.00. The van der Waals surface area contributed by atoms with Crippen LogP contribution in [0.1, 0.15) is 9.78 Å². The van der Waals surface area contributed by atoms with Gasteiger partial charge in [0.25, 0.3) is 0 Å². The van der Waals surface area contributed by atoms with Crippen molar-refractivity contribution >= 4 is 49.9 Å². The normalized spacial score (nSPS) is 7.77. The zero-order valence-electron chi connectivity index (χ0n) is 9.54. The molecule has 0 radical (unpaired) electrons. The van der Waals surface area contributed by atoms with Crippen molar-refractivity contribution in [2.75, 3.05) is 6.61 Å². The summed E-state index contributed by atoms with van der Waals surface area (Å²) in [6.45, 7) is 8.05. The number of hydrogen-bond acceptors (Lipinski definition) is 4. The first kappa shape index (κ1) is 15.2. The van der Waals surface area contributed by atoms with E-state index in [9.17, 15) is 9.59 Å². The van der Waals surface area contributed by atoms with E-state index in [-0.39, 0.29) is 52.8 Å². The molecular weight excluding hydrogens is 200 g/mol. The Kier molecular flexibility index (Phi) is 9.67. The van der Waals surface area contributed by atoms with Crippen LogP contribution in [0.3, 0.4) is 0 Å². The molecule has 4 nitrogen and oxygen atoms in total. The minimum Gasteiger partial charge on any atom is -1.00 e. The van der Waals surface area contributed by atoms with E-state index in [1.807, 2.05) is 0 Å². The van der Waals surface area contributed by atoms with E-state index in [4.69, 9.17) is 0 Å². The van der Waals surface area contributed by atoms with Gasteiger partial charge in [0.2, 0.25) is 0 Å². The van der Waals surface area contributed by atoms with E-state index in [1.54, 1.807) is 0 Å². The molecule has 0 atom stereocenters. The van der Waals surface area contributed by atoms with Crippen LogP contribution in [0.25, 0.3) is 0 Å². The minimum atomic E-state index is -1.04. The molecule has 0 aromatic carbocycles. The van der Waals surface area contributed by atoms with E-state index in [0.29, 0.717) is 0 Å². The number of carbonyl (C=O) groups is 2. The Balaban J connectivity index is -0.000000202. The minimum absolute atomic E-state index is 0. The van der Waals surface area contributed by atoms with Crippen LogP contribution in [0.5, 0.6) is 0 Å². The number of rotatable bonds is 3. The quantitative estimate of drug-likeness (QED) is 0.232. The molecule has 0 aliphatic rings. The Morgan fingerprint density at radius 2 is 2.08 bits per heavy atom. The molecule has 0 N–H and O–H groups in total. The molecular formula is C8H12CaO4. The third-order valence-electron chi connectivity index (χ3n) is 0.844. The molecule has 13 heavy (non-hydrogen) atoms. The second kappa shape index (κ2) is 8.29. The van der Waals surface area contributed by atoms with Crippen molar-refractivity contribution in [3.8, 4) is 0 Å². The van der Waals surface area contributed by atoms with Crippen LogP contribution in [0.15, 0.2) is 24.8 Å². The predicted molar refractivity (Wildman–Crippen MR) is 50.4 cm³/mol. The van der Waals surface area contributed by atoms with E-state index in [2.05, 4.69) is 22.6 Å². The van der Waals surface area contributed by atoms with Crippen LogP contribution in [-0.4, -0.2) is 56.5 Å². The molecule has 0 spiro atoms. The SMILES string of the molecule is C=CCOC(=O)OC(=O)C(=C)C.[Ca+2].[H-].[H-]. The van der Waals surface area contributed by atoms with Crippen molar-refractivity contribution < 1.29 is 21.9 Å². The molecule has 0 amide bonds. The van der Waals surface area contributed by atoms with Gasteiger partial charge in [0.15, 0.2) is 0 Å². The van der Waals surface area contributed by atoms with Crippen LogP contribution in [0.4, 0.5) is 4.79 Å². The zero-order chi connectivity index (χ0) is 9.56. The average molecular weight is 212 g/mol. The molecule has 5 heteroatoms. The molecule has 0 unspecified atom stereocenters. The molecule has 0 aliphatic heterocycles. The molecule has 70 valence electrons. The number of carbonyl (C=O) groups excluding carboxylic acids is 2. The molecule has 0 fully saturated rings. The summed E-state index contributed by atoms with van der Waals surface area (Å²) in [6.07, 6.45) is 0.329. The Labute approximate surface area is 110 Å². The molecule has 0 aromatic rings. The first-order chi connectivity index (χ1) is 5.57. The van der Waals surface area contributed by atoms with Crippen LogP contribution < -0.4 is 0 Å². The van der Waals surface area contributed by atoms with Gasteiger partial charge in [0, 0.05) is 5.57 Å². The Hall–Kier alpha value is -0.320. The van der Waals surface area contributed by atoms with Gasteiger partial charge in [-0.25, -0.2) is 9.59 Å². The zero-order valence-corrected chi connectivity index (χ0v) is 9.75. The van der Waals surface area contributed by atoms with Crippen molar-refractivity contribution in [1.29, 1.82) is 0 Å². The maximum absolute atomic E-state index is 10.7. The van der Waals surface area contributed by atoms with E-state index < -0.39 is 12.1 Å². The second-order valence-electron chi connectivity index (χ2n) is 2.02. The first-order valence-corrected chi connectivity index (χ1v) is 3.23. The van der Waals surface area contributed by atoms with Crippen LogP contribution >= 0.6 is 0 Å². The summed E-state index contributed by atoms with van der Waals surface area (Å²) in [5.41, 5.74) is 0.144. The van der Waals surface area contributed by atoms with Crippen molar-refractivity contribution in [1.82, 2.24) is 0 Å². The predicted octanol–water partition coefficient (Wildman–Crippen LogP) is 1.27. The van der Waals surface area contributed by atoms with Crippen molar-refractivity contribution in [3.63, 3.8) is 0 Å². The summed E-state index contributed by atoms with van der Waals surface area (Å²) in [4.78, 5) is 21.2. The van der Waals surface area contributed by atoms with Gasteiger partial charge in [0.1, 0.15) is 6.61 Å². The molecule has 0 aliphatic carbocycles. The van der Waals surface area contributed by atoms with Gasteiger partial charge < -0.3 is 12.3 Å². The summed E-state index contributed by atoms with van der Waals surface area (Å²) in [7, 11) is 0. The monoisotopic (exact) mass is 212 g/mol. The maximum atomic E-state index is 10.7. The molecule has 0 rings (SSSR count). The number of ether oxygens (including phenoxy) is 2. The van der Waals surface area contributed by atoms with E-state index in [1.165, 1.54) is 13.0 Å². The summed E-state index contributed by atoms with van der Waals surface area (Å²) < 4.78 is 8.54. The topological polar surface area (TPSA) is 52.6 Å². The number of esters is 1. The van der Waals surface area contributed by atoms with Gasteiger partial charge in [-0.15, -0.1) is 0 Å². The number of hydrogen-bond donors (Lipinski definition) is 0. The van der Waals surface area contributed by atoms with Crippen LogP contribution in [0, 0.1) is 0 Å². The van der Waals surface area contributed by atoms with Gasteiger partial charge >= 0.3 is 49.9 Å². The second-order valence-corrected chi connectivity index (χ2v) is 2.02. The molecule has 0 heterocycles.